The third-order valence-electron chi connectivity index (χ3n) is 2.70. The van der Waals surface area contributed by atoms with Crippen molar-refractivity contribution in [2.75, 3.05) is 5.88 Å². The first-order valence-corrected chi connectivity index (χ1v) is 5.95. The molecular formula is C12H13ClN2O2. The molecule has 0 spiro atoms. The fourth-order valence-corrected chi connectivity index (χ4v) is 2.00. The predicted octanol–water partition coefficient (Wildman–Crippen LogP) is 1.87. The van der Waals surface area contributed by atoms with Gasteiger partial charge in [-0.15, -0.1) is 11.6 Å². The molecule has 1 aromatic carbocycles. The van der Waals surface area contributed by atoms with Gasteiger partial charge in [0.15, 0.2) is 0 Å². The number of benzene rings is 1. The van der Waals surface area contributed by atoms with Crippen LogP contribution in [0.3, 0.4) is 0 Å². The van der Waals surface area contributed by atoms with Gasteiger partial charge in [0.25, 0.3) is 0 Å². The first kappa shape index (κ1) is 11.9. The largest absolute Gasteiger partial charge is 0.324 e. The second-order valence-corrected chi connectivity index (χ2v) is 4.30. The highest BCUT2D eigenvalue weighted by Gasteiger charge is 2.23. The van der Waals surface area contributed by atoms with E-state index in [9.17, 15) is 9.59 Å². The molecule has 0 saturated carbocycles. The zero-order valence-electron chi connectivity index (χ0n) is 9.28. The Morgan fingerprint density at radius 2 is 1.82 bits per heavy atom. The molecule has 0 fully saturated rings. The van der Waals surface area contributed by atoms with Gasteiger partial charge >= 0.3 is 6.03 Å². The van der Waals surface area contributed by atoms with Gasteiger partial charge in [-0.05, 0) is 11.1 Å². The van der Waals surface area contributed by atoms with Crippen molar-refractivity contribution in [3.8, 4) is 0 Å². The summed E-state index contributed by atoms with van der Waals surface area (Å²) in [6.45, 7) is 1.10. The molecule has 1 N–H and O–H groups in total. The van der Waals surface area contributed by atoms with Crippen molar-refractivity contribution in [2.24, 2.45) is 0 Å². The van der Waals surface area contributed by atoms with Crippen molar-refractivity contribution in [3.05, 3.63) is 35.4 Å². The number of nitrogens with zero attached hydrogens (tertiary/aromatic N) is 1. The summed E-state index contributed by atoms with van der Waals surface area (Å²) in [5.74, 6) is -0.111. The van der Waals surface area contributed by atoms with E-state index >= 15 is 0 Å². The van der Waals surface area contributed by atoms with E-state index in [0.29, 0.717) is 13.1 Å². The summed E-state index contributed by atoms with van der Waals surface area (Å²) < 4.78 is 0. The molecule has 3 amide bonds. The van der Waals surface area contributed by atoms with Crippen LogP contribution in [-0.4, -0.2) is 22.7 Å². The molecule has 90 valence electrons. The van der Waals surface area contributed by atoms with Gasteiger partial charge in [-0.3, -0.25) is 10.1 Å². The molecule has 4 nitrogen and oxygen atoms in total. The van der Waals surface area contributed by atoms with Crippen molar-refractivity contribution in [1.29, 1.82) is 0 Å². The number of fused-ring (bicyclic) bond motifs is 1. The first-order chi connectivity index (χ1) is 8.20. The van der Waals surface area contributed by atoms with Crippen LogP contribution in [0.4, 0.5) is 4.79 Å². The standard InChI is InChI=1S/C12H13ClN2O2/c13-6-5-11(16)14-12(17)15-7-9-3-1-2-4-10(9)8-15/h1-4H,5-8H2,(H,14,16,17). The number of carbonyl (C=O) groups excluding carboxylic acids is 2. The lowest BCUT2D eigenvalue weighted by Gasteiger charge is -2.15. The second kappa shape index (κ2) is 5.19. The number of urea groups is 1. The van der Waals surface area contributed by atoms with E-state index in [0.717, 1.165) is 11.1 Å². The second-order valence-electron chi connectivity index (χ2n) is 3.92. The average Bonchev–Trinajstić information content (AvgIpc) is 2.72. The van der Waals surface area contributed by atoms with Crippen LogP contribution in [0.2, 0.25) is 0 Å². The molecule has 0 atom stereocenters. The Labute approximate surface area is 105 Å². The molecule has 0 aliphatic carbocycles. The third-order valence-corrected chi connectivity index (χ3v) is 2.88. The Bertz CT molecular complexity index is 423. The summed E-state index contributed by atoms with van der Waals surface area (Å²) in [6, 6.07) is 7.51. The number of imide groups is 1. The van der Waals surface area contributed by atoms with E-state index in [1.165, 1.54) is 0 Å². The summed E-state index contributed by atoms with van der Waals surface area (Å²) in [5.41, 5.74) is 2.26. The van der Waals surface area contributed by atoms with Crippen LogP contribution in [0.1, 0.15) is 17.5 Å². The maximum absolute atomic E-state index is 11.7. The zero-order chi connectivity index (χ0) is 12.3. The Morgan fingerprint density at radius 3 is 2.35 bits per heavy atom. The molecule has 5 heteroatoms. The smallest absolute Gasteiger partial charge is 0.316 e. The van der Waals surface area contributed by atoms with Crippen molar-refractivity contribution in [2.45, 2.75) is 19.5 Å². The molecule has 1 aromatic rings. The molecule has 1 aliphatic rings. The predicted molar refractivity (Wildman–Crippen MR) is 64.6 cm³/mol. The van der Waals surface area contributed by atoms with Gasteiger partial charge < -0.3 is 4.90 Å². The maximum Gasteiger partial charge on any atom is 0.324 e. The number of alkyl halides is 1. The SMILES string of the molecule is O=C(CCCl)NC(=O)N1Cc2ccccc2C1. The van der Waals surface area contributed by atoms with Crippen molar-refractivity contribution < 1.29 is 9.59 Å². The summed E-state index contributed by atoms with van der Waals surface area (Å²) >= 11 is 5.43. The fraction of sp³-hybridized carbons (Fsp3) is 0.333. The molecule has 0 saturated heterocycles. The van der Waals surface area contributed by atoms with Crippen LogP contribution in [0.25, 0.3) is 0 Å². The van der Waals surface area contributed by atoms with Gasteiger partial charge in [0, 0.05) is 25.4 Å². The van der Waals surface area contributed by atoms with Gasteiger partial charge in [0.05, 0.1) is 0 Å². The summed E-state index contributed by atoms with van der Waals surface area (Å²) in [7, 11) is 0. The van der Waals surface area contributed by atoms with Crippen LogP contribution in [-0.2, 0) is 17.9 Å². The monoisotopic (exact) mass is 252 g/mol. The van der Waals surface area contributed by atoms with Crippen LogP contribution in [0.5, 0.6) is 0 Å². The summed E-state index contributed by atoms with van der Waals surface area (Å²) in [6.07, 6.45) is 0.161. The van der Waals surface area contributed by atoms with Gasteiger partial charge in [-0.1, -0.05) is 24.3 Å². The Hall–Kier alpha value is -1.55. The first-order valence-electron chi connectivity index (χ1n) is 5.42. The minimum absolute atomic E-state index is 0.161. The number of hydrogen-bond donors (Lipinski definition) is 1. The van der Waals surface area contributed by atoms with Crippen LogP contribution < -0.4 is 5.32 Å². The molecule has 17 heavy (non-hydrogen) atoms. The van der Waals surface area contributed by atoms with Crippen molar-refractivity contribution >= 4 is 23.5 Å². The van der Waals surface area contributed by atoms with E-state index in [4.69, 9.17) is 11.6 Å². The van der Waals surface area contributed by atoms with Gasteiger partial charge in [-0.25, -0.2) is 4.79 Å². The van der Waals surface area contributed by atoms with Gasteiger partial charge in [0.2, 0.25) is 5.91 Å². The lowest BCUT2D eigenvalue weighted by atomic mass is 10.1. The summed E-state index contributed by atoms with van der Waals surface area (Å²) in [4.78, 5) is 24.6. The number of halogens is 1. The quantitative estimate of drug-likeness (QED) is 0.817. The minimum atomic E-state index is -0.351. The molecule has 2 rings (SSSR count). The number of nitrogens with one attached hydrogen (secondary N) is 1. The lowest BCUT2D eigenvalue weighted by Crippen LogP contribution is -2.40. The molecule has 1 heterocycles. The van der Waals surface area contributed by atoms with Crippen molar-refractivity contribution in [1.82, 2.24) is 10.2 Å². The molecular weight excluding hydrogens is 240 g/mol. The number of rotatable bonds is 2. The number of amides is 3. The highest BCUT2D eigenvalue weighted by molar-refractivity contribution is 6.19. The highest BCUT2D eigenvalue weighted by atomic mass is 35.5. The van der Waals surface area contributed by atoms with E-state index in [-0.39, 0.29) is 24.2 Å². The Balaban J connectivity index is 1.94. The fourth-order valence-electron chi connectivity index (χ4n) is 1.82. The van der Waals surface area contributed by atoms with Gasteiger partial charge in [-0.2, -0.15) is 0 Å². The molecule has 0 aromatic heterocycles. The lowest BCUT2D eigenvalue weighted by molar-refractivity contribution is -0.119. The minimum Gasteiger partial charge on any atom is -0.316 e. The van der Waals surface area contributed by atoms with Crippen LogP contribution >= 0.6 is 11.6 Å². The molecule has 0 bridgehead atoms. The van der Waals surface area contributed by atoms with Crippen molar-refractivity contribution in [3.63, 3.8) is 0 Å². The summed E-state index contributed by atoms with van der Waals surface area (Å²) in [5, 5.41) is 2.32. The van der Waals surface area contributed by atoms with Crippen LogP contribution in [0, 0.1) is 0 Å². The topological polar surface area (TPSA) is 49.4 Å². The van der Waals surface area contributed by atoms with E-state index < -0.39 is 0 Å². The van der Waals surface area contributed by atoms with Gasteiger partial charge in [0.1, 0.15) is 0 Å². The third kappa shape index (κ3) is 2.77. The zero-order valence-corrected chi connectivity index (χ0v) is 10.0. The Kier molecular flexibility index (Phi) is 3.64. The average molecular weight is 253 g/mol. The van der Waals surface area contributed by atoms with E-state index in [2.05, 4.69) is 5.32 Å². The highest BCUT2D eigenvalue weighted by Crippen LogP contribution is 2.21. The molecule has 0 unspecified atom stereocenters. The van der Waals surface area contributed by atoms with E-state index in [1.54, 1.807) is 4.90 Å². The van der Waals surface area contributed by atoms with E-state index in [1.807, 2.05) is 24.3 Å². The maximum atomic E-state index is 11.7. The molecule has 1 aliphatic heterocycles. The number of carbonyl (C=O) groups is 2. The normalized spacial score (nSPS) is 13.4. The van der Waals surface area contributed by atoms with Crippen LogP contribution in [0.15, 0.2) is 24.3 Å². The Morgan fingerprint density at radius 1 is 1.24 bits per heavy atom. The molecule has 0 radical (unpaired) electrons. The number of hydrogen-bond acceptors (Lipinski definition) is 2.